The van der Waals surface area contributed by atoms with Gasteiger partial charge in [0.15, 0.2) is 11.3 Å². The Balaban J connectivity index is 1.46. The summed E-state index contributed by atoms with van der Waals surface area (Å²) < 4.78 is 11.1. The van der Waals surface area contributed by atoms with Gasteiger partial charge in [-0.25, -0.2) is 0 Å². The molecule has 1 heterocycles. The van der Waals surface area contributed by atoms with Gasteiger partial charge in [-0.3, -0.25) is 15.1 Å². The zero-order valence-corrected chi connectivity index (χ0v) is 18.9. The Hall–Kier alpha value is -3.61. The summed E-state index contributed by atoms with van der Waals surface area (Å²) in [7, 11) is 1.61. The number of nitrogens with one attached hydrogen (secondary N) is 1. The minimum Gasteiger partial charge on any atom is -0.497 e. The van der Waals surface area contributed by atoms with Crippen LogP contribution in [0, 0.1) is 0 Å². The van der Waals surface area contributed by atoms with Crippen LogP contribution < -0.4 is 15.1 Å². The number of amides is 1. The Morgan fingerprint density at radius 2 is 1.70 bits per heavy atom. The lowest BCUT2D eigenvalue weighted by atomic mass is 9.95. The Kier molecular flexibility index (Phi) is 7.40. The lowest BCUT2D eigenvalue weighted by Crippen LogP contribution is -2.65. The van der Waals surface area contributed by atoms with Gasteiger partial charge in [-0.2, -0.15) is 5.10 Å². The molecule has 2 atom stereocenters. The zero-order chi connectivity index (χ0) is 23.0. The number of β-lactam (4-membered cyclic amide) rings is 1. The number of hydrogen-bond acceptors (Lipinski definition) is 5. The maximum Gasteiger partial charge on any atom is 0.259 e. The molecule has 3 aromatic rings. The summed E-state index contributed by atoms with van der Waals surface area (Å²) in [4.78, 5) is 14.7. The van der Waals surface area contributed by atoms with Crippen LogP contribution in [0.2, 0.25) is 0 Å². The largest absolute Gasteiger partial charge is 0.497 e. The van der Waals surface area contributed by atoms with Gasteiger partial charge in [0, 0.05) is 5.69 Å². The second-order valence-corrected chi connectivity index (χ2v) is 7.80. The Labute approximate surface area is 198 Å². The van der Waals surface area contributed by atoms with Gasteiger partial charge in [0.25, 0.3) is 5.91 Å². The number of halogens is 1. The Morgan fingerprint density at radius 1 is 1.03 bits per heavy atom. The number of ether oxygens (including phenoxy) is 2. The van der Waals surface area contributed by atoms with Crippen molar-refractivity contribution in [3.8, 4) is 5.75 Å². The van der Waals surface area contributed by atoms with Gasteiger partial charge in [-0.15, -0.1) is 0 Å². The van der Waals surface area contributed by atoms with E-state index in [0.717, 1.165) is 22.7 Å². The van der Waals surface area contributed by atoms with E-state index in [0.29, 0.717) is 0 Å². The molecule has 0 saturated carbocycles. The maximum atomic E-state index is 13.0. The molecule has 0 aromatic heterocycles. The van der Waals surface area contributed by atoms with Gasteiger partial charge in [0.05, 0.1) is 18.8 Å². The predicted octanol–water partition coefficient (Wildman–Crippen LogP) is 5.17. The predicted molar refractivity (Wildman–Crippen MR) is 133 cm³/mol. The second-order valence-electron chi connectivity index (χ2n) is 7.36. The minimum atomic E-state index is -0.660. The van der Waals surface area contributed by atoms with Gasteiger partial charge in [-0.1, -0.05) is 72.3 Å². The molecule has 0 aliphatic carbocycles. The van der Waals surface area contributed by atoms with E-state index in [4.69, 9.17) is 21.1 Å². The fourth-order valence-electron chi connectivity index (χ4n) is 3.48. The van der Waals surface area contributed by atoms with Gasteiger partial charge in [0.2, 0.25) is 0 Å². The van der Waals surface area contributed by atoms with Crippen molar-refractivity contribution in [2.75, 3.05) is 24.0 Å². The van der Waals surface area contributed by atoms with Crippen molar-refractivity contribution in [2.24, 2.45) is 5.10 Å². The van der Waals surface area contributed by atoms with Crippen LogP contribution in [0.3, 0.4) is 0 Å². The molecule has 0 spiro atoms. The third-order valence-electron chi connectivity index (χ3n) is 5.19. The van der Waals surface area contributed by atoms with E-state index in [9.17, 15) is 4.79 Å². The second kappa shape index (κ2) is 10.8. The van der Waals surface area contributed by atoms with Crippen molar-refractivity contribution in [1.82, 2.24) is 0 Å². The third kappa shape index (κ3) is 5.61. The van der Waals surface area contributed by atoms with E-state index < -0.39 is 6.10 Å². The zero-order valence-electron chi connectivity index (χ0n) is 18.1. The molecule has 4 rings (SSSR count). The first-order valence-corrected chi connectivity index (χ1v) is 10.9. The number of methoxy groups -OCH3 is 1. The molecule has 0 radical (unpaired) electrons. The van der Waals surface area contributed by atoms with Crippen LogP contribution in [0.4, 0.5) is 11.4 Å². The maximum absolute atomic E-state index is 13.0. The lowest BCUT2D eigenvalue weighted by molar-refractivity contribution is -0.138. The Bertz CT molecular complexity index is 1120. The van der Waals surface area contributed by atoms with Crippen LogP contribution in [-0.2, 0) is 9.53 Å². The molecule has 168 valence electrons. The quantitative estimate of drug-likeness (QED) is 0.271. The highest BCUT2D eigenvalue weighted by Crippen LogP contribution is 2.32. The highest BCUT2D eigenvalue weighted by atomic mass is 35.5. The van der Waals surface area contributed by atoms with Crippen molar-refractivity contribution in [2.45, 2.75) is 12.1 Å². The topological polar surface area (TPSA) is 63.2 Å². The SMILES string of the molecule is COc1ccc(N2C(=O)[C@H](OC/C(Cl)=N\Nc3ccccc3)[C@@H]2/C=C/c2ccccc2)cc1. The molecule has 1 amide bonds. The molecular weight excluding hydrogens is 438 g/mol. The van der Waals surface area contributed by atoms with E-state index in [-0.39, 0.29) is 23.7 Å². The number of benzene rings is 3. The summed E-state index contributed by atoms with van der Waals surface area (Å²) in [5.41, 5.74) is 5.49. The van der Waals surface area contributed by atoms with Gasteiger partial charge in [-0.05, 0) is 42.0 Å². The number of rotatable bonds is 9. The van der Waals surface area contributed by atoms with Crippen LogP contribution in [0.15, 0.2) is 96.1 Å². The lowest BCUT2D eigenvalue weighted by Gasteiger charge is -2.45. The minimum absolute atomic E-state index is 0.0178. The first-order chi connectivity index (χ1) is 16.2. The van der Waals surface area contributed by atoms with Crippen LogP contribution in [0.1, 0.15) is 5.56 Å². The van der Waals surface area contributed by atoms with Crippen LogP contribution in [-0.4, -0.2) is 36.9 Å². The molecule has 1 aliphatic rings. The average Bonchev–Trinajstić information content (AvgIpc) is 2.87. The summed E-state index contributed by atoms with van der Waals surface area (Å²) in [6, 6.07) is 26.5. The normalized spacial score (nSPS) is 18.3. The Morgan fingerprint density at radius 3 is 2.36 bits per heavy atom. The number of carbonyl (C=O) groups is 1. The molecule has 1 N–H and O–H groups in total. The van der Waals surface area contributed by atoms with Crippen molar-refractivity contribution in [1.29, 1.82) is 0 Å². The number of para-hydroxylation sites is 1. The number of hydrazone groups is 1. The van der Waals surface area contributed by atoms with Gasteiger partial charge < -0.3 is 9.47 Å². The summed E-state index contributed by atoms with van der Waals surface area (Å²) in [5.74, 6) is 0.591. The number of hydrogen-bond donors (Lipinski definition) is 1. The van der Waals surface area contributed by atoms with Crippen molar-refractivity contribution >= 4 is 40.1 Å². The van der Waals surface area contributed by atoms with E-state index in [1.54, 1.807) is 12.0 Å². The van der Waals surface area contributed by atoms with Crippen LogP contribution >= 0.6 is 11.6 Å². The molecule has 0 bridgehead atoms. The van der Waals surface area contributed by atoms with Gasteiger partial charge in [0.1, 0.15) is 12.4 Å². The number of carbonyl (C=O) groups excluding carboxylic acids is 1. The summed E-state index contributed by atoms with van der Waals surface area (Å²) in [6.45, 7) is 0.0178. The van der Waals surface area contributed by atoms with E-state index in [2.05, 4.69) is 10.5 Å². The fourth-order valence-corrected chi connectivity index (χ4v) is 3.59. The molecule has 0 unspecified atom stereocenters. The molecule has 1 saturated heterocycles. The summed E-state index contributed by atoms with van der Waals surface area (Å²) in [5, 5.41) is 4.34. The van der Waals surface area contributed by atoms with Crippen molar-refractivity contribution in [3.05, 3.63) is 96.6 Å². The molecule has 7 heteroatoms. The van der Waals surface area contributed by atoms with E-state index in [1.807, 2.05) is 97.1 Å². The van der Waals surface area contributed by atoms with Crippen LogP contribution in [0.25, 0.3) is 6.08 Å². The highest BCUT2D eigenvalue weighted by molar-refractivity contribution is 6.65. The molecular formula is C26H24ClN3O3. The molecule has 33 heavy (non-hydrogen) atoms. The monoisotopic (exact) mass is 461 g/mol. The highest BCUT2D eigenvalue weighted by Gasteiger charge is 2.47. The molecule has 6 nitrogen and oxygen atoms in total. The van der Waals surface area contributed by atoms with E-state index in [1.165, 1.54) is 0 Å². The van der Waals surface area contributed by atoms with Crippen molar-refractivity contribution < 1.29 is 14.3 Å². The first kappa shape index (κ1) is 22.6. The smallest absolute Gasteiger partial charge is 0.259 e. The third-order valence-corrected chi connectivity index (χ3v) is 5.38. The fraction of sp³-hybridized carbons (Fsp3) is 0.154. The van der Waals surface area contributed by atoms with E-state index >= 15 is 0 Å². The van der Waals surface area contributed by atoms with Crippen molar-refractivity contribution in [3.63, 3.8) is 0 Å². The van der Waals surface area contributed by atoms with Gasteiger partial charge >= 0.3 is 0 Å². The number of nitrogens with zero attached hydrogens (tertiary/aromatic N) is 2. The first-order valence-electron chi connectivity index (χ1n) is 10.5. The van der Waals surface area contributed by atoms with Crippen LogP contribution in [0.5, 0.6) is 5.75 Å². The molecule has 1 aliphatic heterocycles. The summed E-state index contributed by atoms with van der Waals surface area (Å²) in [6.07, 6.45) is 3.29. The number of anilines is 2. The average molecular weight is 462 g/mol. The molecule has 1 fully saturated rings. The molecule has 3 aromatic carbocycles. The standard InChI is InChI=1S/C26H24ClN3O3/c1-32-22-15-13-21(14-16-22)30-23(17-12-19-8-4-2-5-9-19)25(26(30)31)33-18-24(27)29-28-20-10-6-3-7-11-20/h2-17,23,25,28H,18H2,1H3/b17-12+,29-24+/t23-,25+/m0/s1. The summed E-state index contributed by atoms with van der Waals surface area (Å²) >= 11 is 6.22.